The molecule has 0 saturated carbocycles. The molecule has 1 aliphatic rings. The highest BCUT2D eigenvalue weighted by Crippen LogP contribution is 1.83. The number of nitrogens with zero attached hydrogens (tertiary/aromatic N) is 1. The molecule has 0 fully saturated rings. The lowest BCUT2D eigenvalue weighted by molar-refractivity contribution is -0.120. The van der Waals surface area contributed by atoms with Gasteiger partial charge in [-0.1, -0.05) is 0 Å². The first-order valence-electron chi connectivity index (χ1n) is 1.81. The van der Waals surface area contributed by atoms with Crippen molar-refractivity contribution in [1.29, 1.82) is 0 Å². The molecule has 0 aromatic heterocycles. The van der Waals surface area contributed by atoms with E-state index in [0.29, 0.717) is 0 Å². The third-order valence-electron chi connectivity index (χ3n) is 0.658. The van der Waals surface area contributed by atoms with Gasteiger partial charge in [0.15, 0.2) is 0 Å². The zero-order valence-electron chi connectivity index (χ0n) is 3.46. The first-order chi connectivity index (χ1) is 3.30. The molecule has 1 aliphatic heterocycles. The average molecular weight is 100 g/mol. The predicted molar refractivity (Wildman–Crippen MR) is 22.6 cm³/mol. The lowest BCUT2D eigenvalue weighted by Crippen LogP contribution is -2.26. The lowest BCUT2D eigenvalue weighted by atomic mass is 10.4. The topological polar surface area (TPSA) is 61.7 Å². The molecule has 0 bridgehead atoms. The number of nitrogens with one attached hydrogen (secondary N) is 1. The van der Waals surface area contributed by atoms with E-state index in [2.05, 4.69) is 10.5 Å². The Bertz CT molecular complexity index is 120. The van der Waals surface area contributed by atoms with Crippen LogP contribution in [0.25, 0.3) is 0 Å². The Labute approximate surface area is 39.8 Å². The Hall–Kier alpha value is -0.900. The lowest BCUT2D eigenvalue weighted by Gasteiger charge is -1.93. The third-order valence-corrected chi connectivity index (χ3v) is 0.658. The summed E-state index contributed by atoms with van der Waals surface area (Å²) in [7, 11) is 0. The van der Waals surface area contributed by atoms with Gasteiger partial charge in [0.2, 0.25) is 12.0 Å². The molecule has 2 N–H and O–H groups in total. The van der Waals surface area contributed by atoms with Crippen LogP contribution < -0.4 is 5.43 Å². The number of rotatable bonds is 0. The summed E-state index contributed by atoms with van der Waals surface area (Å²) in [4.78, 5) is 10.1. The highest BCUT2D eigenvalue weighted by Gasteiger charge is 2.15. The second kappa shape index (κ2) is 1.31. The van der Waals surface area contributed by atoms with Gasteiger partial charge in [-0.2, -0.15) is 5.10 Å². The molecule has 0 aromatic rings. The van der Waals surface area contributed by atoms with E-state index in [9.17, 15) is 4.79 Å². The molecular formula is C3H4N2O2. The highest BCUT2D eigenvalue weighted by atomic mass is 16.3. The van der Waals surface area contributed by atoms with Crippen LogP contribution in [0.3, 0.4) is 0 Å². The monoisotopic (exact) mass is 100 g/mol. The van der Waals surface area contributed by atoms with Crippen LogP contribution in [-0.2, 0) is 4.79 Å². The van der Waals surface area contributed by atoms with Crippen molar-refractivity contribution in [2.75, 3.05) is 0 Å². The van der Waals surface area contributed by atoms with Crippen molar-refractivity contribution in [3.8, 4) is 0 Å². The molecule has 1 heterocycles. The number of Topliss-reactive ketones (excluding diaryl/α,β-unsaturated/α-hetero) is 1. The van der Waals surface area contributed by atoms with Crippen molar-refractivity contribution < 1.29 is 9.90 Å². The van der Waals surface area contributed by atoms with Gasteiger partial charge in [0, 0.05) is 0 Å². The zero-order chi connectivity index (χ0) is 5.28. The molecule has 0 amide bonds. The van der Waals surface area contributed by atoms with Crippen molar-refractivity contribution in [3.05, 3.63) is 0 Å². The number of carbonyl (C=O) groups excluding carboxylic acids is 1. The normalized spacial score (nSPS) is 28.1. The van der Waals surface area contributed by atoms with Crippen LogP contribution in [0.1, 0.15) is 0 Å². The number of carbonyl (C=O) groups is 1. The summed E-state index contributed by atoms with van der Waals surface area (Å²) in [6.07, 6.45) is -0.0509. The summed E-state index contributed by atoms with van der Waals surface area (Å²) in [6, 6.07) is 0. The first kappa shape index (κ1) is 4.26. The minimum absolute atomic E-state index is 0.389. The van der Waals surface area contributed by atoms with E-state index >= 15 is 0 Å². The number of aliphatic hydroxyl groups excluding tert-OH is 1. The second-order valence-electron chi connectivity index (χ2n) is 1.19. The maximum Gasteiger partial charge on any atom is 0.225 e. The maximum absolute atomic E-state index is 10.1. The summed E-state index contributed by atoms with van der Waals surface area (Å²) in [5.41, 5.74) is 2.14. The van der Waals surface area contributed by atoms with Crippen LogP contribution in [0.15, 0.2) is 5.10 Å². The van der Waals surface area contributed by atoms with Gasteiger partial charge >= 0.3 is 0 Å². The minimum atomic E-state index is -1.10. The molecule has 1 rings (SSSR count). The molecule has 0 aliphatic carbocycles. The molecular weight excluding hydrogens is 96.0 g/mol. The van der Waals surface area contributed by atoms with Crippen molar-refractivity contribution in [3.63, 3.8) is 0 Å². The van der Waals surface area contributed by atoms with Crippen molar-refractivity contribution >= 4 is 12.0 Å². The molecule has 4 nitrogen and oxygen atoms in total. The van der Waals surface area contributed by atoms with E-state index in [0.717, 1.165) is 6.21 Å². The predicted octanol–water partition coefficient (Wildman–Crippen LogP) is -1.54. The Morgan fingerprint density at radius 2 is 2.71 bits per heavy atom. The van der Waals surface area contributed by atoms with Crippen LogP contribution in [0.4, 0.5) is 0 Å². The van der Waals surface area contributed by atoms with Gasteiger partial charge in [0.05, 0.1) is 6.21 Å². The molecule has 1 unspecified atom stereocenters. The molecule has 7 heavy (non-hydrogen) atoms. The van der Waals surface area contributed by atoms with Gasteiger partial charge < -0.3 is 5.11 Å². The summed E-state index contributed by atoms with van der Waals surface area (Å²) in [5.74, 6) is -0.389. The summed E-state index contributed by atoms with van der Waals surface area (Å²) in [5, 5.41) is 11.7. The van der Waals surface area contributed by atoms with Gasteiger partial charge in [0.1, 0.15) is 0 Å². The fourth-order valence-electron chi connectivity index (χ4n) is 0.306. The van der Waals surface area contributed by atoms with Crippen LogP contribution in [0.5, 0.6) is 0 Å². The van der Waals surface area contributed by atoms with Crippen LogP contribution >= 0.6 is 0 Å². The van der Waals surface area contributed by atoms with Gasteiger partial charge in [-0.25, -0.2) is 0 Å². The Balaban J connectivity index is 2.62. The van der Waals surface area contributed by atoms with Crippen LogP contribution in [-0.4, -0.2) is 23.3 Å². The van der Waals surface area contributed by atoms with Crippen molar-refractivity contribution in [2.24, 2.45) is 5.10 Å². The molecule has 1 atom stereocenters. The average Bonchev–Trinajstić information content (AvgIpc) is 1.91. The fourth-order valence-corrected chi connectivity index (χ4v) is 0.306. The molecule has 0 aromatic carbocycles. The number of hydrogen-bond acceptors (Lipinski definition) is 4. The van der Waals surface area contributed by atoms with E-state index in [1.165, 1.54) is 0 Å². The molecule has 0 radical (unpaired) electrons. The number of hydrazone groups is 1. The van der Waals surface area contributed by atoms with E-state index in [1.807, 2.05) is 0 Å². The van der Waals surface area contributed by atoms with E-state index < -0.39 is 6.23 Å². The second-order valence-corrected chi connectivity index (χ2v) is 1.19. The summed E-state index contributed by atoms with van der Waals surface area (Å²) >= 11 is 0. The highest BCUT2D eigenvalue weighted by molar-refractivity contribution is 6.30. The third kappa shape index (κ3) is 0.592. The molecule has 0 spiro atoms. The van der Waals surface area contributed by atoms with Crippen LogP contribution in [0.2, 0.25) is 0 Å². The van der Waals surface area contributed by atoms with E-state index in [1.54, 1.807) is 0 Å². The standard InChI is InChI=1S/C3H4N2O2/c6-2-1-4-5-3(2)7/h1,3,5,7H. The fraction of sp³-hybridized carbons (Fsp3) is 0.333. The smallest absolute Gasteiger partial charge is 0.225 e. The summed E-state index contributed by atoms with van der Waals surface area (Å²) in [6.45, 7) is 0. The molecule has 0 saturated heterocycles. The number of hydrogen-bond donors (Lipinski definition) is 2. The SMILES string of the molecule is O=C1C=NNC1O. The van der Waals surface area contributed by atoms with Gasteiger partial charge in [-0.05, 0) is 0 Å². The van der Waals surface area contributed by atoms with Gasteiger partial charge in [-0.3, -0.25) is 10.2 Å². The molecule has 4 heteroatoms. The van der Waals surface area contributed by atoms with E-state index in [-0.39, 0.29) is 5.78 Å². The van der Waals surface area contributed by atoms with Crippen molar-refractivity contribution in [1.82, 2.24) is 5.43 Å². The van der Waals surface area contributed by atoms with Crippen molar-refractivity contribution in [2.45, 2.75) is 6.23 Å². The largest absolute Gasteiger partial charge is 0.366 e. The van der Waals surface area contributed by atoms with Gasteiger partial charge in [0.25, 0.3) is 0 Å². The minimum Gasteiger partial charge on any atom is -0.366 e. The Morgan fingerprint density at radius 3 is 2.86 bits per heavy atom. The zero-order valence-corrected chi connectivity index (χ0v) is 3.46. The van der Waals surface area contributed by atoms with Gasteiger partial charge in [-0.15, -0.1) is 0 Å². The quantitative estimate of drug-likeness (QED) is 0.388. The Kier molecular flexibility index (Phi) is 0.796. The summed E-state index contributed by atoms with van der Waals surface area (Å²) < 4.78 is 0. The van der Waals surface area contributed by atoms with Crippen LogP contribution in [0, 0.1) is 0 Å². The first-order valence-corrected chi connectivity index (χ1v) is 1.81. The molecule has 38 valence electrons. The Morgan fingerprint density at radius 1 is 2.00 bits per heavy atom. The maximum atomic E-state index is 10.1. The van der Waals surface area contributed by atoms with E-state index in [4.69, 9.17) is 5.11 Å². The number of ketones is 1. The number of aliphatic hydroxyl groups is 1.